The van der Waals surface area contributed by atoms with Gasteiger partial charge in [-0.05, 0) is 25.1 Å². The summed E-state index contributed by atoms with van der Waals surface area (Å²) in [6.07, 6.45) is 9.31. The quantitative estimate of drug-likeness (QED) is 0.860. The van der Waals surface area contributed by atoms with Crippen LogP contribution in [0, 0.1) is 6.92 Å². The Kier molecular flexibility index (Phi) is 3.66. The van der Waals surface area contributed by atoms with E-state index in [0.717, 1.165) is 5.70 Å². The summed E-state index contributed by atoms with van der Waals surface area (Å²) >= 11 is 0. The lowest BCUT2D eigenvalue weighted by atomic mass is 10.1. The molecule has 2 heterocycles. The van der Waals surface area contributed by atoms with Gasteiger partial charge in [-0.15, -0.1) is 0 Å². The fraction of sp³-hybridized carbons (Fsp3) is 0.143. The molecule has 0 radical (unpaired) electrons. The largest absolute Gasteiger partial charge is 0.480 e. The summed E-state index contributed by atoms with van der Waals surface area (Å²) in [5.74, 6) is -0.0563. The minimum atomic E-state index is -0.505. The van der Waals surface area contributed by atoms with E-state index in [1.54, 1.807) is 19.2 Å². The molecule has 0 saturated heterocycles. The van der Waals surface area contributed by atoms with Crippen molar-refractivity contribution in [3.05, 3.63) is 53.4 Å². The van der Waals surface area contributed by atoms with E-state index in [2.05, 4.69) is 10.3 Å². The molecule has 0 spiro atoms. The van der Waals surface area contributed by atoms with Gasteiger partial charge in [0.2, 0.25) is 5.88 Å². The number of allylic oxidation sites excluding steroid dienone is 4. The Morgan fingerprint density at radius 3 is 2.84 bits per heavy atom. The van der Waals surface area contributed by atoms with Gasteiger partial charge in [-0.3, -0.25) is 4.79 Å². The molecule has 1 aliphatic rings. The third-order valence-electron chi connectivity index (χ3n) is 2.75. The zero-order valence-corrected chi connectivity index (χ0v) is 10.8. The molecule has 5 heteroatoms. The van der Waals surface area contributed by atoms with Crippen molar-refractivity contribution in [1.29, 1.82) is 0 Å². The summed E-state index contributed by atoms with van der Waals surface area (Å²) in [5.41, 5.74) is 7.76. The van der Waals surface area contributed by atoms with E-state index in [1.165, 1.54) is 7.11 Å². The number of ether oxygens (including phenoxy) is 1. The van der Waals surface area contributed by atoms with E-state index < -0.39 is 5.91 Å². The molecule has 1 amide bonds. The molecule has 0 aliphatic carbocycles. The van der Waals surface area contributed by atoms with Gasteiger partial charge in [-0.2, -0.15) is 0 Å². The van der Waals surface area contributed by atoms with Crippen LogP contribution >= 0.6 is 0 Å². The van der Waals surface area contributed by atoms with E-state index >= 15 is 0 Å². The Balaban J connectivity index is 2.57. The normalized spacial score (nSPS) is 13.5. The highest BCUT2D eigenvalue weighted by Gasteiger charge is 2.16. The van der Waals surface area contributed by atoms with Crippen LogP contribution in [0.4, 0.5) is 0 Å². The Morgan fingerprint density at radius 2 is 2.16 bits per heavy atom. The Morgan fingerprint density at radius 1 is 1.37 bits per heavy atom. The lowest BCUT2D eigenvalue weighted by Gasteiger charge is -2.13. The van der Waals surface area contributed by atoms with E-state index in [-0.39, 0.29) is 0 Å². The van der Waals surface area contributed by atoms with Crippen molar-refractivity contribution in [2.75, 3.05) is 7.11 Å². The Hall–Kier alpha value is -2.56. The number of nitrogens with two attached hydrogens (primary N) is 1. The summed E-state index contributed by atoms with van der Waals surface area (Å²) < 4.78 is 5.26. The lowest BCUT2D eigenvalue weighted by molar-refractivity contribution is 0.0999. The standard InChI is InChI=1S/C14H15N3O2/c1-9-10(13(15)18)8-11(14(17-9)19-2)12-6-4-3-5-7-16-12/h3-8,16H,1-2H3,(H2,15,18). The summed E-state index contributed by atoms with van der Waals surface area (Å²) in [4.78, 5) is 15.7. The fourth-order valence-electron chi connectivity index (χ4n) is 1.81. The third-order valence-corrected chi connectivity index (χ3v) is 2.75. The number of primary amides is 1. The molecule has 5 nitrogen and oxygen atoms in total. The highest BCUT2D eigenvalue weighted by molar-refractivity contribution is 5.95. The Labute approximate surface area is 111 Å². The van der Waals surface area contributed by atoms with Crippen LogP contribution < -0.4 is 15.8 Å². The predicted octanol–water partition coefficient (Wildman–Crippen LogP) is 1.51. The van der Waals surface area contributed by atoms with Gasteiger partial charge < -0.3 is 15.8 Å². The average Bonchev–Trinajstić information content (AvgIpc) is 2.66. The topological polar surface area (TPSA) is 77.2 Å². The predicted molar refractivity (Wildman–Crippen MR) is 73.4 cm³/mol. The van der Waals surface area contributed by atoms with Crippen LogP contribution in [0.3, 0.4) is 0 Å². The Bertz CT molecular complexity index is 601. The molecule has 0 aromatic carbocycles. The van der Waals surface area contributed by atoms with Gasteiger partial charge in [-0.1, -0.05) is 12.2 Å². The molecule has 0 unspecified atom stereocenters. The first-order valence-electron chi connectivity index (χ1n) is 5.79. The molecule has 0 fully saturated rings. The molecular weight excluding hydrogens is 242 g/mol. The maximum absolute atomic E-state index is 11.4. The van der Waals surface area contributed by atoms with E-state index in [0.29, 0.717) is 22.7 Å². The first kappa shape index (κ1) is 12.9. The molecule has 3 N–H and O–H groups in total. The number of carbonyl (C=O) groups excluding carboxylic acids is 1. The lowest BCUT2D eigenvalue weighted by Crippen LogP contribution is -2.16. The molecule has 2 rings (SSSR count). The SMILES string of the molecule is COc1nc(C)c(C(N)=O)cc1C1=CC=CC=CN1. The highest BCUT2D eigenvalue weighted by Crippen LogP contribution is 2.25. The van der Waals surface area contributed by atoms with Gasteiger partial charge in [0.05, 0.1) is 29.6 Å². The van der Waals surface area contributed by atoms with Crippen molar-refractivity contribution in [3.63, 3.8) is 0 Å². The van der Waals surface area contributed by atoms with Gasteiger partial charge >= 0.3 is 0 Å². The van der Waals surface area contributed by atoms with Gasteiger partial charge in [0.25, 0.3) is 5.91 Å². The van der Waals surface area contributed by atoms with Gasteiger partial charge in [0, 0.05) is 6.20 Å². The van der Waals surface area contributed by atoms with Crippen molar-refractivity contribution >= 4 is 11.6 Å². The van der Waals surface area contributed by atoms with Crippen LogP contribution in [0.15, 0.2) is 36.6 Å². The van der Waals surface area contributed by atoms with Crippen molar-refractivity contribution < 1.29 is 9.53 Å². The second-order valence-electron chi connectivity index (χ2n) is 4.01. The van der Waals surface area contributed by atoms with Gasteiger partial charge in [0.1, 0.15) is 0 Å². The molecule has 1 aromatic rings. The second-order valence-corrected chi connectivity index (χ2v) is 4.01. The second kappa shape index (κ2) is 5.39. The monoisotopic (exact) mass is 257 g/mol. The summed E-state index contributed by atoms with van der Waals surface area (Å²) in [5, 5.41) is 3.10. The van der Waals surface area contributed by atoms with Crippen molar-refractivity contribution in [2.24, 2.45) is 5.73 Å². The zero-order chi connectivity index (χ0) is 13.8. The first-order chi connectivity index (χ1) is 9.13. The van der Waals surface area contributed by atoms with Crippen LogP contribution in [-0.2, 0) is 0 Å². The summed E-state index contributed by atoms with van der Waals surface area (Å²) in [7, 11) is 1.54. The highest BCUT2D eigenvalue weighted by atomic mass is 16.5. The molecule has 0 bridgehead atoms. The molecule has 0 saturated carbocycles. The van der Waals surface area contributed by atoms with Gasteiger partial charge in [-0.25, -0.2) is 4.98 Å². The number of rotatable bonds is 3. The maximum atomic E-state index is 11.4. The summed E-state index contributed by atoms with van der Waals surface area (Å²) in [6, 6.07) is 1.69. The minimum absolute atomic E-state index is 0.385. The first-order valence-corrected chi connectivity index (χ1v) is 5.79. The molecule has 1 aromatic heterocycles. The molecule has 1 aliphatic heterocycles. The van der Waals surface area contributed by atoms with Crippen LogP contribution in [0.5, 0.6) is 5.88 Å². The van der Waals surface area contributed by atoms with Crippen molar-refractivity contribution in [2.45, 2.75) is 6.92 Å². The zero-order valence-electron chi connectivity index (χ0n) is 10.8. The number of nitrogens with one attached hydrogen (secondary N) is 1. The third kappa shape index (κ3) is 2.65. The number of carbonyl (C=O) groups is 1. The molecule has 0 atom stereocenters. The number of hydrogen-bond acceptors (Lipinski definition) is 4. The fourth-order valence-corrected chi connectivity index (χ4v) is 1.81. The number of amides is 1. The minimum Gasteiger partial charge on any atom is -0.480 e. The number of pyridine rings is 1. The van der Waals surface area contributed by atoms with E-state index in [1.807, 2.05) is 24.3 Å². The number of methoxy groups -OCH3 is 1. The smallest absolute Gasteiger partial charge is 0.250 e. The van der Waals surface area contributed by atoms with E-state index in [4.69, 9.17) is 10.5 Å². The van der Waals surface area contributed by atoms with Crippen LogP contribution in [-0.4, -0.2) is 18.0 Å². The average molecular weight is 257 g/mol. The van der Waals surface area contributed by atoms with Gasteiger partial charge in [0.15, 0.2) is 0 Å². The van der Waals surface area contributed by atoms with Crippen molar-refractivity contribution in [1.82, 2.24) is 10.3 Å². The molecule has 98 valence electrons. The van der Waals surface area contributed by atoms with Crippen LogP contribution in [0.25, 0.3) is 5.70 Å². The van der Waals surface area contributed by atoms with E-state index in [9.17, 15) is 4.79 Å². The number of hydrogen-bond donors (Lipinski definition) is 2. The number of aryl methyl sites for hydroxylation is 1. The van der Waals surface area contributed by atoms with Crippen LogP contribution in [0.2, 0.25) is 0 Å². The molecule has 19 heavy (non-hydrogen) atoms. The number of aromatic nitrogens is 1. The number of nitrogens with zero attached hydrogens (tertiary/aromatic N) is 1. The molecular formula is C14H15N3O2. The maximum Gasteiger partial charge on any atom is 0.250 e. The van der Waals surface area contributed by atoms with Crippen molar-refractivity contribution in [3.8, 4) is 5.88 Å². The van der Waals surface area contributed by atoms with Crippen LogP contribution in [0.1, 0.15) is 21.6 Å². The summed E-state index contributed by atoms with van der Waals surface area (Å²) in [6.45, 7) is 1.72.